The van der Waals surface area contributed by atoms with Gasteiger partial charge in [0.05, 0.1) is 17.3 Å². The van der Waals surface area contributed by atoms with Crippen LogP contribution in [-0.2, 0) is 0 Å². The molecule has 2 bridgehead atoms. The summed E-state index contributed by atoms with van der Waals surface area (Å²) in [6, 6.07) is 11.2. The maximum atomic E-state index is 11.8. The van der Waals surface area contributed by atoms with Gasteiger partial charge in [-0.15, -0.1) is 0 Å². The summed E-state index contributed by atoms with van der Waals surface area (Å²) in [4.78, 5) is 11.8. The van der Waals surface area contributed by atoms with Crippen LogP contribution in [0.1, 0.15) is 52.7 Å². The standard InChI is InChI=1S/C21H19Cl2NO2/c22-14-5-2-6-15(23)18(14)20-17-11-8-7-10(9-11)16(17)12-3-1-4-13(21(25)26)19(12)24-20/h1-6,10-11,16-17,20,24H,7-9H2,(H,25,26)/t10-,11-,16+,17-,20-/m0/s1. The highest BCUT2D eigenvalue weighted by Crippen LogP contribution is 2.64. The van der Waals surface area contributed by atoms with E-state index in [0.29, 0.717) is 39.3 Å². The fourth-order valence-corrected chi connectivity index (χ4v) is 6.42. The van der Waals surface area contributed by atoms with Crippen LogP contribution < -0.4 is 5.32 Å². The molecule has 2 N–H and O–H groups in total. The number of hydrogen-bond acceptors (Lipinski definition) is 2. The normalized spacial score (nSPS) is 31.2. The van der Waals surface area contributed by atoms with E-state index < -0.39 is 5.97 Å². The van der Waals surface area contributed by atoms with Gasteiger partial charge in [-0.3, -0.25) is 0 Å². The first kappa shape index (κ1) is 16.5. The van der Waals surface area contributed by atoms with Crippen molar-refractivity contribution in [2.24, 2.45) is 17.8 Å². The summed E-state index contributed by atoms with van der Waals surface area (Å²) in [5.74, 6) is 1.14. The third kappa shape index (κ3) is 2.23. The Morgan fingerprint density at radius 1 is 1.04 bits per heavy atom. The Labute approximate surface area is 162 Å². The van der Waals surface area contributed by atoms with Gasteiger partial charge in [0.1, 0.15) is 0 Å². The lowest BCUT2D eigenvalue weighted by Gasteiger charge is -2.44. The van der Waals surface area contributed by atoms with E-state index >= 15 is 0 Å². The van der Waals surface area contributed by atoms with Gasteiger partial charge in [-0.05, 0) is 66.7 Å². The van der Waals surface area contributed by atoms with Gasteiger partial charge in [0.15, 0.2) is 0 Å². The molecule has 5 heteroatoms. The van der Waals surface area contributed by atoms with Crippen LogP contribution >= 0.6 is 23.2 Å². The van der Waals surface area contributed by atoms with Crippen molar-refractivity contribution in [3.8, 4) is 0 Å². The van der Waals surface area contributed by atoms with Crippen LogP contribution in [0.5, 0.6) is 0 Å². The second-order valence-electron chi connectivity index (χ2n) is 7.77. The van der Waals surface area contributed by atoms with Gasteiger partial charge in [0, 0.05) is 15.6 Å². The number of halogens is 2. The molecule has 26 heavy (non-hydrogen) atoms. The fourth-order valence-electron chi connectivity index (χ4n) is 5.79. The number of carbonyl (C=O) groups is 1. The van der Waals surface area contributed by atoms with Gasteiger partial charge in [-0.25, -0.2) is 4.79 Å². The summed E-state index contributed by atoms with van der Waals surface area (Å²) < 4.78 is 0. The van der Waals surface area contributed by atoms with Crippen LogP contribution in [0.4, 0.5) is 5.69 Å². The van der Waals surface area contributed by atoms with Crippen molar-refractivity contribution in [3.05, 3.63) is 63.1 Å². The monoisotopic (exact) mass is 387 g/mol. The average molecular weight is 388 g/mol. The smallest absolute Gasteiger partial charge is 0.337 e. The second kappa shape index (κ2) is 5.90. The van der Waals surface area contributed by atoms with Gasteiger partial charge >= 0.3 is 5.97 Å². The zero-order valence-corrected chi connectivity index (χ0v) is 15.6. The molecule has 134 valence electrons. The lowest BCUT2D eigenvalue weighted by atomic mass is 9.67. The van der Waals surface area contributed by atoms with E-state index in [0.717, 1.165) is 16.8 Å². The van der Waals surface area contributed by atoms with Crippen LogP contribution in [0.3, 0.4) is 0 Å². The number of carboxylic acid groups (broad SMARTS) is 1. The van der Waals surface area contributed by atoms with Crippen LogP contribution in [-0.4, -0.2) is 11.1 Å². The molecule has 1 heterocycles. The molecule has 2 fully saturated rings. The Morgan fingerprint density at radius 2 is 1.73 bits per heavy atom. The SMILES string of the molecule is O=C(O)c1cccc2c1N[C@H](c1c(Cl)cccc1Cl)[C@H]1[C@H]3CC[C@@H](C3)[C@H]21. The minimum atomic E-state index is -0.903. The van der Waals surface area contributed by atoms with E-state index in [2.05, 4.69) is 11.4 Å². The summed E-state index contributed by atoms with van der Waals surface area (Å²) in [5, 5.41) is 14.5. The highest BCUT2D eigenvalue weighted by atomic mass is 35.5. The molecule has 5 atom stereocenters. The highest BCUT2D eigenvalue weighted by Gasteiger charge is 2.54. The summed E-state index contributed by atoms with van der Waals surface area (Å²) >= 11 is 13.1. The first-order chi connectivity index (χ1) is 12.6. The van der Waals surface area contributed by atoms with Crippen LogP contribution in [0, 0.1) is 17.8 Å². The van der Waals surface area contributed by atoms with E-state index in [1.54, 1.807) is 6.07 Å². The molecule has 3 nitrogen and oxygen atoms in total. The molecular formula is C21H19Cl2NO2. The number of fused-ring (bicyclic) bond motifs is 7. The zero-order chi connectivity index (χ0) is 18.0. The molecule has 0 unspecified atom stereocenters. The number of hydrogen-bond donors (Lipinski definition) is 2. The molecule has 5 rings (SSSR count). The van der Waals surface area contributed by atoms with Crippen molar-refractivity contribution in [2.45, 2.75) is 31.2 Å². The van der Waals surface area contributed by atoms with Gasteiger partial charge in [-0.2, -0.15) is 0 Å². The molecule has 2 aliphatic carbocycles. The number of benzene rings is 2. The van der Waals surface area contributed by atoms with Crippen molar-refractivity contribution in [1.82, 2.24) is 0 Å². The highest BCUT2D eigenvalue weighted by molar-refractivity contribution is 6.36. The molecule has 0 spiro atoms. The molecule has 2 saturated carbocycles. The van der Waals surface area contributed by atoms with Gasteiger partial charge < -0.3 is 10.4 Å². The van der Waals surface area contributed by atoms with E-state index in [1.165, 1.54) is 19.3 Å². The first-order valence-corrected chi connectivity index (χ1v) is 9.88. The van der Waals surface area contributed by atoms with Gasteiger partial charge in [0.25, 0.3) is 0 Å². The quantitative estimate of drug-likeness (QED) is 0.665. The molecule has 0 radical (unpaired) electrons. The maximum absolute atomic E-state index is 11.8. The maximum Gasteiger partial charge on any atom is 0.337 e. The Balaban J connectivity index is 1.72. The number of nitrogens with one attached hydrogen (secondary N) is 1. The van der Waals surface area contributed by atoms with Crippen molar-refractivity contribution >= 4 is 34.9 Å². The number of carboxylic acids is 1. The fraction of sp³-hybridized carbons (Fsp3) is 0.381. The topological polar surface area (TPSA) is 49.3 Å². The molecular weight excluding hydrogens is 369 g/mol. The summed E-state index contributed by atoms with van der Waals surface area (Å²) in [6.45, 7) is 0. The van der Waals surface area contributed by atoms with Crippen molar-refractivity contribution < 1.29 is 9.90 Å². The molecule has 0 aromatic heterocycles. The second-order valence-corrected chi connectivity index (χ2v) is 8.58. The molecule has 1 aliphatic heterocycles. The van der Waals surface area contributed by atoms with E-state index in [-0.39, 0.29) is 6.04 Å². The molecule has 0 saturated heterocycles. The van der Waals surface area contributed by atoms with Crippen molar-refractivity contribution in [1.29, 1.82) is 0 Å². The number of para-hydroxylation sites is 1. The van der Waals surface area contributed by atoms with Crippen molar-refractivity contribution in [3.63, 3.8) is 0 Å². The van der Waals surface area contributed by atoms with Gasteiger partial charge in [0.2, 0.25) is 0 Å². The van der Waals surface area contributed by atoms with Gasteiger partial charge in [-0.1, -0.05) is 41.4 Å². The molecule has 0 amide bonds. The third-order valence-electron chi connectivity index (χ3n) is 6.66. The van der Waals surface area contributed by atoms with E-state index in [4.69, 9.17) is 23.2 Å². The predicted molar refractivity (Wildman–Crippen MR) is 103 cm³/mol. The van der Waals surface area contributed by atoms with Crippen molar-refractivity contribution in [2.75, 3.05) is 5.32 Å². The third-order valence-corrected chi connectivity index (χ3v) is 7.32. The predicted octanol–water partition coefficient (Wildman–Crippen LogP) is 5.99. The average Bonchev–Trinajstić information content (AvgIpc) is 3.23. The number of aromatic carboxylic acids is 1. The Kier molecular flexibility index (Phi) is 3.74. The molecule has 3 aliphatic rings. The van der Waals surface area contributed by atoms with Crippen LogP contribution in [0.2, 0.25) is 10.0 Å². The number of anilines is 1. The van der Waals surface area contributed by atoms with E-state index in [9.17, 15) is 9.90 Å². The Morgan fingerprint density at radius 3 is 2.46 bits per heavy atom. The lowest BCUT2D eigenvalue weighted by molar-refractivity contribution is 0.0697. The summed E-state index contributed by atoms with van der Waals surface area (Å²) in [5.41, 5.74) is 3.14. The largest absolute Gasteiger partial charge is 0.478 e. The summed E-state index contributed by atoms with van der Waals surface area (Å²) in [6.07, 6.45) is 3.68. The molecule has 2 aromatic rings. The Hall–Kier alpha value is -1.71. The first-order valence-electron chi connectivity index (χ1n) is 9.13. The Bertz CT molecular complexity index is 893. The summed E-state index contributed by atoms with van der Waals surface area (Å²) in [7, 11) is 0. The van der Waals surface area contributed by atoms with Crippen LogP contribution in [0.25, 0.3) is 0 Å². The van der Waals surface area contributed by atoms with Crippen LogP contribution in [0.15, 0.2) is 36.4 Å². The zero-order valence-electron chi connectivity index (χ0n) is 14.1. The number of rotatable bonds is 2. The minimum Gasteiger partial charge on any atom is -0.478 e. The minimum absolute atomic E-state index is 0.0514. The lowest BCUT2D eigenvalue weighted by Crippen LogP contribution is -2.36. The molecule has 2 aromatic carbocycles. The van der Waals surface area contributed by atoms with E-state index in [1.807, 2.05) is 24.3 Å².